The summed E-state index contributed by atoms with van der Waals surface area (Å²) in [6.45, 7) is 5.33. The smallest absolute Gasteiger partial charge is 0.243 e. The molecule has 5 nitrogen and oxygen atoms in total. The van der Waals surface area contributed by atoms with Crippen molar-refractivity contribution < 1.29 is 13.2 Å². The van der Waals surface area contributed by atoms with Crippen molar-refractivity contribution in [2.75, 3.05) is 26.7 Å². The van der Waals surface area contributed by atoms with Crippen LogP contribution in [0.15, 0.2) is 23.1 Å². The van der Waals surface area contributed by atoms with Gasteiger partial charge in [-0.05, 0) is 49.1 Å². The maximum atomic E-state index is 12.7. The van der Waals surface area contributed by atoms with E-state index >= 15 is 0 Å². The molecular weight excluding hydrogens is 312 g/mol. The largest absolute Gasteiger partial charge is 0.497 e. The zero-order chi connectivity index (χ0) is 15.0. The Labute approximate surface area is 132 Å². The van der Waals surface area contributed by atoms with E-state index in [0.29, 0.717) is 35.8 Å². The minimum atomic E-state index is -3.45. The van der Waals surface area contributed by atoms with Gasteiger partial charge in [0.1, 0.15) is 5.75 Å². The lowest BCUT2D eigenvalue weighted by atomic mass is 9.90. The first-order valence-electron chi connectivity index (χ1n) is 6.67. The molecule has 21 heavy (non-hydrogen) atoms. The third-order valence-corrected chi connectivity index (χ3v) is 6.02. The molecule has 120 valence electrons. The quantitative estimate of drug-likeness (QED) is 0.911. The second-order valence-electron chi connectivity index (χ2n) is 5.73. The molecule has 1 aliphatic heterocycles. The van der Waals surface area contributed by atoms with Gasteiger partial charge < -0.3 is 10.5 Å². The molecule has 2 rings (SSSR count). The Morgan fingerprint density at radius 1 is 1.43 bits per heavy atom. The van der Waals surface area contributed by atoms with Gasteiger partial charge in [-0.2, -0.15) is 4.31 Å². The Bertz CT molecular complexity index is 606. The lowest BCUT2D eigenvalue weighted by Crippen LogP contribution is -2.34. The van der Waals surface area contributed by atoms with E-state index in [2.05, 4.69) is 0 Å². The Morgan fingerprint density at radius 2 is 2.10 bits per heavy atom. The van der Waals surface area contributed by atoms with Crippen LogP contribution in [-0.2, 0) is 10.0 Å². The molecule has 0 spiro atoms. The van der Waals surface area contributed by atoms with Crippen LogP contribution in [0.4, 0.5) is 0 Å². The van der Waals surface area contributed by atoms with Crippen molar-refractivity contribution in [2.24, 2.45) is 11.1 Å². The molecule has 0 amide bonds. The van der Waals surface area contributed by atoms with Gasteiger partial charge in [-0.1, -0.05) is 6.92 Å². The van der Waals surface area contributed by atoms with E-state index < -0.39 is 10.0 Å². The number of sulfonamides is 1. The number of hydrogen-bond acceptors (Lipinski definition) is 4. The number of rotatable bonds is 4. The van der Waals surface area contributed by atoms with E-state index in [-0.39, 0.29) is 17.8 Å². The zero-order valence-corrected chi connectivity index (χ0v) is 14.3. The van der Waals surface area contributed by atoms with E-state index in [4.69, 9.17) is 10.5 Å². The predicted octanol–water partition coefficient (Wildman–Crippen LogP) is 1.78. The van der Waals surface area contributed by atoms with Gasteiger partial charge in [0.15, 0.2) is 0 Å². The van der Waals surface area contributed by atoms with Crippen molar-refractivity contribution in [3.63, 3.8) is 0 Å². The molecule has 0 bridgehead atoms. The number of hydrogen-bond donors (Lipinski definition) is 1. The summed E-state index contributed by atoms with van der Waals surface area (Å²) in [5.74, 6) is 0.662. The number of ether oxygens (including phenoxy) is 1. The molecule has 1 aliphatic rings. The molecule has 0 aliphatic carbocycles. The van der Waals surface area contributed by atoms with Gasteiger partial charge in [0.05, 0.1) is 12.0 Å². The second kappa shape index (κ2) is 6.52. The van der Waals surface area contributed by atoms with Crippen molar-refractivity contribution >= 4 is 22.4 Å². The van der Waals surface area contributed by atoms with Crippen LogP contribution in [0, 0.1) is 12.3 Å². The highest BCUT2D eigenvalue weighted by Gasteiger charge is 2.39. The van der Waals surface area contributed by atoms with E-state index in [1.54, 1.807) is 32.2 Å². The fourth-order valence-corrected chi connectivity index (χ4v) is 4.32. The number of halogens is 1. The SMILES string of the molecule is COc1ccc(S(=O)(=O)N2CCC(C)(CN)C2)c(C)c1.Cl. The van der Waals surface area contributed by atoms with E-state index in [1.807, 2.05) is 6.92 Å². The standard InChI is InChI=1S/C14H22N2O3S.ClH/c1-11-8-12(19-3)4-5-13(11)20(17,18)16-7-6-14(2,9-15)10-16;/h4-5,8H,6-7,9-10,15H2,1-3H3;1H. The summed E-state index contributed by atoms with van der Waals surface area (Å²) in [5, 5.41) is 0. The van der Waals surface area contributed by atoms with Crippen molar-refractivity contribution in [1.29, 1.82) is 0 Å². The molecule has 0 saturated carbocycles. The third-order valence-electron chi connectivity index (χ3n) is 4.02. The summed E-state index contributed by atoms with van der Waals surface area (Å²) in [7, 11) is -1.89. The van der Waals surface area contributed by atoms with Crippen molar-refractivity contribution in [1.82, 2.24) is 4.31 Å². The minimum absolute atomic E-state index is 0. The van der Waals surface area contributed by atoms with Gasteiger partial charge in [-0.15, -0.1) is 12.4 Å². The van der Waals surface area contributed by atoms with E-state index in [1.165, 1.54) is 4.31 Å². The van der Waals surface area contributed by atoms with Crippen LogP contribution < -0.4 is 10.5 Å². The Kier molecular flexibility index (Phi) is 5.66. The molecule has 1 saturated heterocycles. The van der Waals surface area contributed by atoms with Crippen LogP contribution in [0.2, 0.25) is 0 Å². The molecule has 1 unspecified atom stereocenters. The monoisotopic (exact) mass is 334 g/mol. The van der Waals surface area contributed by atoms with Gasteiger partial charge in [0, 0.05) is 13.1 Å². The topological polar surface area (TPSA) is 72.6 Å². The van der Waals surface area contributed by atoms with Crippen LogP contribution in [0.5, 0.6) is 5.75 Å². The molecule has 7 heteroatoms. The number of aryl methyl sites for hydroxylation is 1. The molecular formula is C14H23ClN2O3S. The molecule has 1 atom stereocenters. The van der Waals surface area contributed by atoms with Gasteiger partial charge in [-0.3, -0.25) is 0 Å². The third kappa shape index (κ3) is 3.51. The number of benzene rings is 1. The summed E-state index contributed by atoms with van der Waals surface area (Å²) < 4.78 is 32.1. The first kappa shape index (κ1) is 18.2. The van der Waals surface area contributed by atoms with Crippen molar-refractivity contribution in [2.45, 2.75) is 25.2 Å². The fourth-order valence-electron chi connectivity index (χ4n) is 2.53. The van der Waals surface area contributed by atoms with Crippen LogP contribution >= 0.6 is 12.4 Å². The van der Waals surface area contributed by atoms with E-state index in [9.17, 15) is 8.42 Å². The highest BCUT2D eigenvalue weighted by molar-refractivity contribution is 7.89. The summed E-state index contributed by atoms with van der Waals surface area (Å²) in [6, 6.07) is 5.03. The number of nitrogens with two attached hydrogens (primary N) is 1. The lowest BCUT2D eigenvalue weighted by molar-refractivity contribution is 0.349. The van der Waals surface area contributed by atoms with Crippen LogP contribution in [0.1, 0.15) is 18.9 Å². The maximum absolute atomic E-state index is 12.7. The molecule has 1 aromatic carbocycles. The fraction of sp³-hybridized carbons (Fsp3) is 0.571. The van der Waals surface area contributed by atoms with Gasteiger partial charge in [0.2, 0.25) is 10.0 Å². The average Bonchev–Trinajstić information content (AvgIpc) is 2.82. The van der Waals surface area contributed by atoms with Crippen molar-refractivity contribution in [3.05, 3.63) is 23.8 Å². The molecule has 2 N–H and O–H groups in total. The van der Waals surface area contributed by atoms with Gasteiger partial charge in [0.25, 0.3) is 0 Å². The number of nitrogens with zero attached hydrogens (tertiary/aromatic N) is 1. The van der Waals surface area contributed by atoms with Crippen molar-refractivity contribution in [3.8, 4) is 5.75 Å². The number of methoxy groups -OCH3 is 1. The average molecular weight is 335 g/mol. The molecule has 1 fully saturated rings. The Hall–Kier alpha value is -0.820. The maximum Gasteiger partial charge on any atom is 0.243 e. The minimum Gasteiger partial charge on any atom is -0.497 e. The van der Waals surface area contributed by atoms with E-state index in [0.717, 1.165) is 6.42 Å². The molecule has 1 heterocycles. The van der Waals surface area contributed by atoms with Crippen LogP contribution in [0.25, 0.3) is 0 Å². The predicted molar refractivity (Wildman–Crippen MR) is 85.5 cm³/mol. The van der Waals surface area contributed by atoms with Crippen LogP contribution in [0.3, 0.4) is 0 Å². The first-order valence-corrected chi connectivity index (χ1v) is 8.11. The zero-order valence-electron chi connectivity index (χ0n) is 12.6. The first-order chi connectivity index (χ1) is 9.32. The molecule has 1 aromatic rings. The Morgan fingerprint density at radius 3 is 2.57 bits per heavy atom. The van der Waals surface area contributed by atoms with Gasteiger partial charge >= 0.3 is 0 Å². The second-order valence-corrected chi connectivity index (χ2v) is 7.64. The van der Waals surface area contributed by atoms with Gasteiger partial charge in [-0.25, -0.2) is 8.42 Å². The summed E-state index contributed by atoms with van der Waals surface area (Å²) in [5.41, 5.74) is 6.32. The van der Waals surface area contributed by atoms with Crippen LogP contribution in [-0.4, -0.2) is 39.5 Å². The summed E-state index contributed by atoms with van der Waals surface area (Å²) in [6.07, 6.45) is 0.804. The summed E-state index contributed by atoms with van der Waals surface area (Å²) in [4.78, 5) is 0.347. The Balaban J connectivity index is 0.00000220. The lowest BCUT2D eigenvalue weighted by Gasteiger charge is -2.23. The summed E-state index contributed by atoms with van der Waals surface area (Å²) >= 11 is 0. The molecule has 0 aromatic heterocycles. The highest BCUT2D eigenvalue weighted by Crippen LogP contribution is 2.33. The molecule has 0 radical (unpaired) electrons. The highest BCUT2D eigenvalue weighted by atomic mass is 35.5. The normalized spacial score (nSPS) is 22.9.